The molecule has 0 bridgehead atoms. The summed E-state index contributed by atoms with van der Waals surface area (Å²) in [7, 11) is 0. The minimum atomic E-state index is 0.315. The Bertz CT molecular complexity index is 902. The zero-order chi connectivity index (χ0) is 17.6. The Hall–Kier alpha value is -2.44. The van der Waals surface area contributed by atoms with Gasteiger partial charge >= 0.3 is 0 Å². The summed E-state index contributed by atoms with van der Waals surface area (Å²) in [6, 6.07) is 0.315. The first-order valence-electron chi connectivity index (χ1n) is 8.38. The lowest BCUT2D eigenvalue weighted by atomic mass is 10.2. The van der Waals surface area contributed by atoms with Gasteiger partial charge in [-0.25, -0.2) is 9.97 Å². The molecule has 24 heavy (non-hydrogen) atoms. The van der Waals surface area contributed by atoms with Crippen LogP contribution in [0.3, 0.4) is 0 Å². The second-order valence-corrected chi connectivity index (χ2v) is 6.43. The van der Waals surface area contributed by atoms with Crippen LogP contribution in [-0.2, 0) is 6.54 Å². The summed E-state index contributed by atoms with van der Waals surface area (Å²) in [6.45, 7) is 15.1. The molecule has 1 N–H and O–H groups in total. The Morgan fingerprint density at radius 3 is 2.29 bits per heavy atom. The highest BCUT2D eigenvalue weighted by molar-refractivity contribution is 5.89. The molecule has 3 rings (SSSR count). The highest BCUT2D eigenvalue weighted by Crippen LogP contribution is 2.30. The van der Waals surface area contributed by atoms with E-state index in [1.807, 2.05) is 30.1 Å². The smallest absolute Gasteiger partial charge is 0.160 e. The molecule has 7 nitrogen and oxygen atoms in total. The van der Waals surface area contributed by atoms with Gasteiger partial charge < -0.3 is 5.32 Å². The predicted octanol–water partition coefficient (Wildman–Crippen LogP) is 3.60. The van der Waals surface area contributed by atoms with Gasteiger partial charge in [-0.15, -0.1) is 0 Å². The summed E-state index contributed by atoms with van der Waals surface area (Å²) < 4.78 is 3.98. The number of nitrogens with one attached hydrogen (secondary N) is 1. The highest BCUT2D eigenvalue weighted by Gasteiger charge is 2.19. The van der Waals surface area contributed by atoms with Crippen molar-refractivity contribution in [3.63, 3.8) is 0 Å². The number of hydrogen-bond donors (Lipinski definition) is 1. The summed E-state index contributed by atoms with van der Waals surface area (Å²) in [6.07, 6.45) is 0. The van der Waals surface area contributed by atoms with Crippen LogP contribution in [0.4, 0.5) is 11.5 Å². The van der Waals surface area contributed by atoms with E-state index in [0.29, 0.717) is 6.04 Å². The molecular formula is C17H25N7. The van der Waals surface area contributed by atoms with Crippen molar-refractivity contribution >= 4 is 22.5 Å². The van der Waals surface area contributed by atoms with Gasteiger partial charge in [0.2, 0.25) is 0 Å². The molecule has 0 unspecified atom stereocenters. The van der Waals surface area contributed by atoms with E-state index in [1.54, 1.807) is 0 Å². The standard InChI is InChI=1S/C17H25N7/c1-8-23-16-15(11(5)21-23)18-13(7)19-17(16)20-14-10(4)22-24(9(2)3)12(14)6/h9H,8H2,1-7H3,(H,18,19,20). The van der Waals surface area contributed by atoms with Crippen LogP contribution >= 0.6 is 0 Å². The van der Waals surface area contributed by atoms with Crippen molar-refractivity contribution in [2.75, 3.05) is 5.32 Å². The van der Waals surface area contributed by atoms with Gasteiger partial charge in [-0.3, -0.25) is 9.36 Å². The number of anilines is 2. The van der Waals surface area contributed by atoms with Gasteiger partial charge in [0, 0.05) is 12.6 Å². The number of aryl methyl sites for hydroxylation is 4. The van der Waals surface area contributed by atoms with Crippen molar-refractivity contribution in [1.82, 2.24) is 29.5 Å². The molecule has 3 aromatic heterocycles. The van der Waals surface area contributed by atoms with Gasteiger partial charge in [-0.1, -0.05) is 0 Å². The van der Waals surface area contributed by atoms with Gasteiger partial charge in [0.05, 0.1) is 22.8 Å². The number of rotatable bonds is 4. The molecule has 0 atom stereocenters. The van der Waals surface area contributed by atoms with Crippen LogP contribution < -0.4 is 5.32 Å². The maximum absolute atomic E-state index is 4.64. The second-order valence-electron chi connectivity index (χ2n) is 6.43. The minimum Gasteiger partial charge on any atom is -0.335 e. The Morgan fingerprint density at radius 1 is 1.00 bits per heavy atom. The normalized spacial score (nSPS) is 11.7. The van der Waals surface area contributed by atoms with E-state index in [9.17, 15) is 0 Å². The number of nitrogens with zero attached hydrogens (tertiary/aromatic N) is 6. The Morgan fingerprint density at radius 2 is 1.71 bits per heavy atom. The van der Waals surface area contributed by atoms with Crippen LogP contribution in [0.15, 0.2) is 0 Å². The highest BCUT2D eigenvalue weighted by atomic mass is 15.3. The third kappa shape index (κ3) is 2.53. The molecule has 0 amide bonds. The molecule has 7 heteroatoms. The lowest BCUT2D eigenvalue weighted by Gasteiger charge is -2.11. The average molecular weight is 327 g/mol. The van der Waals surface area contributed by atoms with Gasteiger partial charge in [-0.2, -0.15) is 10.2 Å². The number of aromatic nitrogens is 6. The molecule has 0 spiro atoms. The molecule has 0 radical (unpaired) electrons. The Balaban J connectivity index is 2.18. The van der Waals surface area contributed by atoms with Crippen LogP contribution in [0.5, 0.6) is 0 Å². The quantitative estimate of drug-likeness (QED) is 0.792. The first-order chi connectivity index (χ1) is 11.3. The maximum Gasteiger partial charge on any atom is 0.160 e. The van der Waals surface area contributed by atoms with Crippen LogP contribution in [0.2, 0.25) is 0 Å². The number of fused-ring (bicyclic) bond motifs is 1. The molecule has 3 heterocycles. The predicted molar refractivity (Wildman–Crippen MR) is 95.8 cm³/mol. The van der Waals surface area contributed by atoms with E-state index in [4.69, 9.17) is 0 Å². The van der Waals surface area contributed by atoms with Crippen LogP contribution in [0.25, 0.3) is 11.0 Å². The molecule has 0 saturated carbocycles. The second kappa shape index (κ2) is 5.89. The van der Waals surface area contributed by atoms with Crippen molar-refractivity contribution in [1.29, 1.82) is 0 Å². The van der Waals surface area contributed by atoms with Crippen molar-refractivity contribution in [2.45, 2.75) is 61.1 Å². The molecule has 0 aliphatic carbocycles. The fraction of sp³-hybridized carbons (Fsp3) is 0.529. The maximum atomic E-state index is 4.64. The van der Waals surface area contributed by atoms with Gasteiger partial charge in [0.15, 0.2) is 5.82 Å². The van der Waals surface area contributed by atoms with E-state index in [0.717, 1.165) is 52.0 Å². The van der Waals surface area contributed by atoms with Gasteiger partial charge in [-0.05, 0) is 48.5 Å². The fourth-order valence-corrected chi connectivity index (χ4v) is 3.12. The average Bonchev–Trinajstić information content (AvgIpc) is 2.99. The first kappa shape index (κ1) is 16.4. The van der Waals surface area contributed by atoms with Crippen LogP contribution in [0, 0.1) is 27.7 Å². The van der Waals surface area contributed by atoms with Crippen LogP contribution in [-0.4, -0.2) is 29.5 Å². The minimum absolute atomic E-state index is 0.315. The lowest BCUT2D eigenvalue weighted by Crippen LogP contribution is -2.06. The topological polar surface area (TPSA) is 73.5 Å². The molecule has 0 aliphatic heterocycles. The molecule has 128 valence electrons. The van der Waals surface area contributed by atoms with E-state index in [1.165, 1.54) is 0 Å². The fourth-order valence-electron chi connectivity index (χ4n) is 3.12. The largest absolute Gasteiger partial charge is 0.335 e. The molecule has 0 fully saturated rings. The summed E-state index contributed by atoms with van der Waals surface area (Å²) >= 11 is 0. The van der Waals surface area contributed by atoms with Gasteiger partial charge in [0.1, 0.15) is 16.9 Å². The summed E-state index contributed by atoms with van der Waals surface area (Å²) in [4.78, 5) is 9.20. The van der Waals surface area contributed by atoms with E-state index >= 15 is 0 Å². The summed E-state index contributed by atoms with van der Waals surface area (Å²) in [5.41, 5.74) is 5.84. The Kier molecular flexibility index (Phi) is 4.03. The first-order valence-corrected chi connectivity index (χ1v) is 8.38. The zero-order valence-corrected chi connectivity index (χ0v) is 15.5. The van der Waals surface area contributed by atoms with Crippen LogP contribution in [0.1, 0.15) is 49.7 Å². The monoisotopic (exact) mass is 327 g/mol. The van der Waals surface area contributed by atoms with E-state index < -0.39 is 0 Å². The Labute approximate surface area is 142 Å². The molecule has 3 aromatic rings. The van der Waals surface area contributed by atoms with Crippen molar-refractivity contribution in [2.24, 2.45) is 0 Å². The van der Waals surface area contributed by atoms with Gasteiger partial charge in [0.25, 0.3) is 0 Å². The third-order valence-electron chi connectivity index (χ3n) is 4.22. The van der Waals surface area contributed by atoms with E-state index in [-0.39, 0.29) is 0 Å². The van der Waals surface area contributed by atoms with Crippen molar-refractivity contribution < 1.29 is 0 Å². The molecule has 0 aromatic carbocycles. The zero-order valence-electron chi connectivity index (χ0n) is 15.5. The van der Waals surface area contributed by atoms with Crippen molar-refractivity contribution in [3.8, 4) is 0 Å². The summed E-state index contributed by atoms with van der Waals surface area (Å²) in [5.74, 6) is 1.52. The molecular weight excluding hydrogens is 302 g/mol. The number of hydrogen-bond acceptors (Lipinski definition) is 5. The SMILES string of the molecule is CCn1nc(C)c2nc(C)nc(Nc3c(C)nn(C(C)C)c3C)c21. The van der Waals surface area contributed by atoms with E-state index in [2.05, 4.69) is 53.2 Å². The lowest BCUT2D eigenvalue weighted by molar-refractivity contribution is 0.516. The summed E-state index contributed by atoms with van der Waals surface area (Å²) in [5, 5.41) is 12.7. The molecule has 0 saturated heterocycles. The molecule has 0 aliphatic rings. The van der Waals surface area contributed by atoms with Crippen molar-refractivity contribution in [3.05, 3.63) is 22.9 Å². The third-order valence-corrected chi connectivity index (χ3v) is 4.22.